The summed E-state index contributed by atoms with van der Waals surface area (Å²) in [6, 6.07) is 0. The number of aliphatic imine (C=N–C) groups is 1. The molecule has 1 aliphatic rings. The molecule has 3 heterocycles. The summed E-state index contributed by atoms with van der Waals surface area (Å²) in [5.74, 6) is 1.46. The first-order valence-electron chi connectivity index (χ1n) is 9.94. The van der Waals surface area contributed by atoms with E-state index in [1.165, 1.54) is 0 Å². The maximum absolute atomic E-state index is 12.2. The standard InChI is InChI=1S/C19H28N6O5/c1-11(2)14-9-22-24-16(14)23-17(20)21-8-13-4-6-25(7-5-13)18(26)28-10-15-12(3)29-19(27)30-15/h9,11,13H,4-8,10H2,1-3H3,(H4,20,21,22,23,24). The van der Waals surface area contributed by atoms with Gasteiger partial charge in [-0.15, -0.1) is 0 Å². The molecule has 2 aromatic rings. The first kappa shape index (κ1) is 21.5. The van der Waals surface area contributed by atoms with Gasteiger partial charge in [-0.05, 0) is 31.6 Å². The van der Waals surface area contributed by atoms with Crippen LogP contribution in [0.1, 0.15) is 49.7 Å². The van der Waals surface area contributed by atoms with Gasteiger partial charge >= 0.3 is 11.9 Å². The maximum atomic E-state index is 12.2. The van der Waals surface area contributed by atoms with E-state index in [1.807, 2.05) is 0 Å². The Kier molecular flexibility index (Phi) is 6.80. The molecule has 0 saturated carbocycles. The number of aromatic nitrogens is 2. The first-order valence-corrected chi connectivity index (χ1v) is 9.94. The predicted octanol–water partition coefficient (Wildman–Crippen LogP) is 2.16. The molecule has 0 bridgehead atoms. The molecule has 1 amide bonds. The lowest BCUT2D eigenvalue weighted by atomic mass is 9.97. The number of hydrogen-bond acceptors (Lipinski definition) is 7. The summed E-state index contributed by atoms with van der Waals surface area (Å²) in [6.07, 6.45) is 2.93. The lowest BCUT2D eigenvalue weighted by Gasteiger charge is -2.30. The fourth-order valence-corrected chi connectivity index (χ4v) is 3.25. The van der Waals surface area contributed by atoms with E-state index >= 15 is 0 Å². The van der Waals surface area contributed by atoms with Crippen LogP contribution in [0, 0.1) is 12.8 Å². The molecule has 0 aromatic carbocycles. The number of piperidine rings is 1. The van der Waals surface area contributed by atoms with Crippen LogP contribution in [-0.4, -0.2) is 46.8 Å². The van der Waals surface area contributed by atoms with E-state index in [0.29, 0.717) is 43.2 Å². The van der Waals surface area contributed by atoms with Crippen molar-refractivity contribution < 1.29 is 18.4 Å². The van der Waals surface area contributed by atoms with Gasteiger partial charge in [-0.1, -0.05) is 13.8 Å². The zero-order valence-electron chi connectivity index (χ0n) is 17.4. The van der Waals surface area contributed by atoms with Gasteiger partial charge in [0.2, 0.25) is 0 Å². The molecule has 3 rings (SSSR count). The number of carbonyl (C=O) groups excluding carboxylic acids is 1. The number of nitrogens with zero attached hydrogens (tertiary/aromatic N) is 3. The van der Waals surface area contributed by atoms with Crippen molar-refractivity contribution in [2.75, 3.05) is 25.0 Å². The lowest BCUT2D eigenvalue weighted by molar-refractivity contribution is 0.0771. The van der Waals surface area contributed by atoms with Gasteiger partial charge in [-0.2, -0.15) is 5.10 Å². The van der Waals surface area contributed by atoms with Gasteiger partial charge in [0.1, 0.15) is 5.82 Å². The molecule has 0 spiro atoms. The number of ether oxygens (including phenoxy) is 1. The minimum absolute atomic E-state index is 0.130. The Morgan fingerprint density at radius 2 is 2.17 bits per heavy atom. The van der Waals surface area contributed by atoms with E-state index in [9.17, 15) is 9.59 Å². The number of guanidine groups is 1. The Labute approximate surface area is 173 Å². The number of carbonyl (C=O) groups is 1. The molecule has 4 N–H and O–H groups in total. The van der Waals surface area contributed by atoms with Gasteiger partial charge < -0.3 is 29.5 Å². The van der Waals surface area contributed by atoms with Crippen molar-refractivity contribution in [3.63, 3.8) is 0 Å². The van der Waals surface area contributed by atoms with Crippen LogP contribution >= 0.6 is 0 Å². The van der Waals surface area contributed by atoms with Gasteiger partial charge in [-0.3, -0.25) is 10.1 Å². The van der Waals surface area contributed by atoms with Gasteiger partial charge in [0.15, 0.2) is 24.1 Å². The molecular formula is C19H28N6O5. The van der Waals surface area contributed by atoms with Crippen molar-refractivity contribution in [1.82, 2.24) is 15.1 Å². The quantitative estimate of drug-likeness (QED) is 0.475. The number of nitrogens with two attached hydrogens (primary N) is 1. The normalized spacial score (nSPS) is 15.6. The Balaban J connectivity index is 1.42. The Morgan fingerprint density at radius 1 is 1.43 bits per heavy atom. The number of anilines is 1. The van der Waals surface area contributed by atoms with Crippen LogP contribution < -0.4 is 16.9 Å². The van der Waals surface area contributed by atoms with Crippen molar-refractivity contribution in [2.24, 2.45) is 16.6 Å². The second-order valence-electron chi connectivity index (χ2n) is 7.62. The summed E-state index contributed by atoms with van der Waals surface area (Å²) in [4.78, 5) is 29.3. The highest BCUT2D eigenvalue weighted by Crippen LogP contribution is 2.21. The van der Waals surface area contributed by atoms with Crippen LogP contribution in [0.25, 0.3) is 0 Å². The van der Waals surface area contributed by atoms with E-state index < -0.39 is 11.9 Å². The lowest BCUT2D eigenvalue weighted by Crippen LogP contribution is -2.39. The minimum Gasteiger partial charge on any atom is -0.441 e. The summed E-state index contributed by atoms with van der Waals surface area (Å²) >= 11 is 0. The number of likely N-dealkylation sites (tertiary alicyclic amines) is 1. The monoisotopic (exact) mass is 420 g/mol. The topological polar surface area (TPSA) is 152 Å². The smallest absolute Gasteiger partial charge is 0.441 e. The fraction of sp³-hybridized carbons (Fsp3) is 0.579. The van der Waals surface area contributed by atoms with Crippen LogP contribution in [0.15, 0.2) is 24.8 Å². The van der Waals surface area contributed by atoms with Gasteiger partial charge in [0.25, 0.3) is 0 Å². The van der Waals surface area contributed by atoms with Crippen molar-refractivity contribution in [3.05, 3.63) is 33.9 Å². The predicted molar refractivity (Wildman–Crippen MR) is 109 cm³/mol. The Bertz CT molecular complexity index is 935. The largest absolute Gasteiger partial charge is 0.519 e. The molecule has 11 heteroatoms. The highest BCUT2D eigenvalue weighted by atomic mass is 16.6. The third kappa shape index (κ3) is 5.43. The van der Waals surface area contributed by atoms with Crippen molar-refractivity contribution >= 4 is 17.9 Å². The average molecular weight is 420 g/mol. The highest BCUT2D eigenvalue weighted by molar-refractivity contribution is 5.92. The minimum atomic E-state index is -0.804. The van der Waals surface area contributed by atoms with Crippen LogP contribution in [0.5, 0.6) is 0 Å². The van der Waals surface area contributed by atoms with E-state index in [0.717, 1.165) is 24.2 Å². The van der Waals surface area contributed by atoms with Crippen LogP contribution in [0.2, 0.25) is 0 Å². The number of H-pyrrole nitrogens is 1. The van der Waals surface area contributed by atoms with Gasteiger partial charge in [-0.25, -0.2) is 9.59 Å². The molecule has 1 fully saturated rings. The number of aromatic amines is 1. The first-order chi connectivity index (χ1) is 14.3. The third-order valence-electron chi connectivity index (χ3n) is 5.10. The van der Waals surface area contributed by atoms with E-state index in [1.54, 1.807) is 18.0 Å². The highest BCUT2D eigenvalue weighted by Gasteiger charge is 2.24. The molecule has 0 atom stereocenters. The number of aryl methyl sites for hydroxylation is 1. The second kappa shape index (κ2) is 9.51. The molecule has 30 heavy (non-hydrogen) atoms. The fourth-order valence-electron chi connectivity index (χ4n) is 3.25. The van der Waals surface area contributed by atoms with Gasteiger partial charge in [0, 0.05) is 25.2 Å². The second-order valence-corrected chi connectivity index (χ2v) is 7.62. The molecule has 164 valence electrons. The van der Waals surface area contributed by atoms with Crippen LogP contribution in [-0.2, 0) is 11.3 Å². The van der Waals surface area contributed by atoms with E-state index in [2.05, 4.69) is 34.4 Å². The van der Waals surface area contributed by atoms with Crippen molar-refractivity contribution in [1.29, 1.82) is 0 Å². The van der Waals surface area contributed by atoms with Gasteiger partial charge in [0.05, 0.1) is 6.20 Å². The molecule has 1 aliphatic heterocycles. The molecule has 0 radical (unpaired) electrons. The maximum Gasteiger partial charge on any atom is 0.519 e. The SMILES string of the molecule is Cc1oc(=O)oc1COC(=O)N1CCC(CN=C(N)Nc2[nH]ncc2C(C)C)CC1. The zero-order chi connectivity index (χ0) is 21.7. The van der Waals surface area contributed by atoms with Crippen molar-refractivity contribution in [2.45, 2.75) is 46.1 Å². The molecule has 1 saturated heterocycles. The summed E-state index contributed by atoms with van der Waals surface area (Å²) < 4.78 is 14.8. The Morgan fingerprint density at radius 3 is 2.80 bits per heavy atom. The third-order valence-corrected chi connectivity index (χ3v) is 5.10. The molecule has 11 nitrogen and oxygen atoms in total. The summed E-state index contributed by atoms with van der Waals surface area (Å²) in [5, 5.41) is 9.99. The molecular weight excluding hydrogens is 392 g/mol. The van der Waals surface area contributed by atoms with Crippen LogP contribution in [0.3, 0.4) is 0 Å². The molecule has 0 unspecified atom stereocenters. The van der Waals surface area contributed by atoms with Crippen molar-refractivity contribution in [3.8, 4) is 0 Å². The Hall–Kier alpha value is -3.24. The number of nitrogens with one attached hydrogen (secondary N) is 2. The van der Waals surface area contributed by atoms with Crippen LogP contribution in [0.4, 0.5) is 10.6 Å². The van der Waals surface area contributed by atoms with E-state index in [4.69, 9.17) is 19.3 Å². The summed E-state index contributed by atoms with van der Waals surface area (Å²) in [7, 11) is 0. The average Bonchev–Trinajstić information content (AvgIpc) is 3.30. The molecule has 0 aliphatic carbocycles. The summed E-state index contributed by atoms with van der Waals surface area (Å²) in [5.41, 5.74) is 7.05. The number of amides is 1. The zero-order valence-corrected chi connectivity index (χ0v) is 17.4. The molecule has 2 aromatic heterocycles. The number of rotatable bonds is 6. The summed E-state index contributed by atoms with van der Waals surface area (Å²) in [6.45, 7) is 7.32. The van der Waals surface area contributed by atoms with E-state index in [-0.39, 0.29) is 12.4 Å². The number of hydrogen-bond donors (Lipinski definition) is 3.